The van der Waals surface area contributed by atoms with E-state index in [2.05, 4.69) is 4.98 Å². The minimum absolute atomic E-state index is 0.174. The van der Waals surface area contributed by atoms with Crippen LogP contribution in [0, 0.1) is 13.8 Å². The molecule has 1 aromatic heterocycles. The van der Waals surface area contributed by atoms with Crippen LogP contribution in [0.15, 0.2) is 28.7 Å². The summed E-state index contributed by atoms with van der Waals surface area (Å²) < 4.78 is 11.1. The molecule has 1 amide bonds. The highest BCUT2D eigenvalue weighted by molar-refractivity contribution is 5.92. The van der Waals surface area contributed by atoms with Crippen LogP contribution in [0.5, 0.6) is 5.75 Å². The van der Waals surface area contributed by atoms with Crippen LogP contribution in [-0.2, 0) is 4.74 Å². The fraction of sp³-hybridized carbons (Fsp3) is 0.375. The first-order valence-electron chi connectivity index (χ1n) is 7.18. The third kappa shape index (κ3) is 2.82. The van der Waals surface area contributed by atoms with Gasteiger partial charge in [0.1, 0.15) is 11.9 Å². The highest BCUT2D eigenvalue weighted by Crippen LogP contribution is 2.26. The summed E-state index contributed by atoms with van der Waals surface area (Å²) in [6.07, 6.45) is -0.255. The molecule has 0 bridgehead atoms. The number of oxazole rings is 1. The fourth-order valence-corrected chi connectivity index (χ4v) is 2.63. The van der Waals surface area contributed by atoms with Crippen molar-refractivity contribution in [1.29, 1.82) is 0 Å². The van der Waals surface area contributed by atoms with Crippen LogP contribution in [0.3, 0.4) is 0 Å². The second-order valence-electron chi connectivity index (χ2n) is 5.35. The maximum Gasteiger partial charge on any atom is 0.291 e. The quantitative estimate of drug-likeness (QED) is 0.920. The maximum atomic E-state index is 12.6. The number of hydrogen-bond donors (Lipinski definition) is 1. The smallest absolute Gasteiger partial charge is 0.291 e. The van der Waals surface area contributed by atoms with Gasteiger partial charge in [0, 0.05) is 13.5 Å². The molecule has 3 rings (SSSR count). The number of benzene rings is 1. The number of carbonyl (C=O) groups is 1. The van der Waals surface area contributed by atoms with E-state index in [1.165, 1.54) is 0 Å². The molecular weight excluding hydrogens is 284 g/mol. The zero-order chi connectivity index (χ0) is 15.7. The summed E-state index contributed by atoms with van der Waals surface area (Å²) in [6.45, 7) is 4.85. The monoisotopic (exact) mass is 302 g/mol. The van der Waals surface area contributed by atoms with Gasteiger partial charge in [-0.15, -0.1) is 0 Å². The fourth-order valence-electron chi connectivity index (χ4n) is 2.63. The zero-order valence-electron chi connectivity index (χ0n) is 12.6. The highest BCUT2D eigenvalue weighted by atomic mass is 16.5. The van der Waals surface area contributed by atoms with Gasteiger partial charge in [0.05, 0.1) is 18.8 Å². The van der Waals surface area contributed by atoms with Gasteiger partial charge < -0.3 is 19.2 Å². The van der Waals surface area contributed by atoms with Gasteiger partial charge in [-0.2, -0.15) is 0 Å². The van der Waals surface area contributed by atoms with E-state index < -0.39 is 0 Å². The van der Waals surface area contributed by atoms with E-state index in [0.717, 1.165) is 5.56 Å². The number of aromatic hydroxyl groups is 1. The third-order valence-corrected chi connectivity index (χ3v) is 3.69. The predicted molar refractivity (Wildman–Crippen MR) is 78.7 cm³/mol. The lowest BCUT2D eigenvalue weighted by molar-refractivity contribution is -0.0239. The minimum atomic E-state index is -0.255. The zero-order valence-corrected chi connectivity index (χ0v) is 12.6. The lowest BCUT2D eigenvalue weighted by atomic mass is 10.1. The Bertz CT molecular complexity index is 695. The van der Waals surface area contributed by atoms with Crippen molar-refractivity contribution in [2.45, 2.75) is 20.0 Å². The normalized spacial score (nSPS) is 18.5. The number of hydrogen-bond acceptors (Lipinski definition) is 5. The van der Waals surface area contributed by atoms with Gasteiger partial charge in [-0.25, -0.2) is 4.98 Å². The predicted octanol–water partition coefficient (Wildman–Crippen LogP) is 2.21. The Morgan fingerprint density at radius 2 is 2.23 bits per heavy atom. The molecule has 6 heteroatoms. The molecule has 0 radical (unpaired) electrons. The van der Waals surface area contributed by atoms with Crippen molar-refractivity contribution in [2.24, 2.45) is 0 Å². The molecule has 22 heavy (non-hydrogen) atoms. The number of carbonyl (C=O) groups excluding carboxylic acids is 1. The molecule has 1 aromatic carbocycles. The summed E-state index contributed by atoms with van der Waals surface area (Å²) in [5.74, 6) is 0.783. The Kier molecular flexibility index (Phi) is 3.85. The molecule has 1 unspecified atom stereocenters. The van der Waals surface area contributed by atoms with Crippen LogP contribution in [0.2, 0.25) is 0 Å². The molecule has 1 saturated heterocycles. The van der Waals surface area contributed by atoms with Crippen LogP contribution in [0.1, 0.15) is 33.8 Å². The van der Waals surface area contributed by atoms with Crippen molar-refractivity contribution in [3.63, 3.8) is 0 Å². The van der Waals surface area contributed by atoms with Gasteiger partial charge in [-0.05, 0) is 24.6 Å². The first-order valence-corrected chi connectivity index (χ1v) is 7.18. The second-order valence-corrected chi connectivity index (χ2v) is 5.35. The molecule has 2 aromatic rings. The SMILES string of the molecule is Cc1nc(C)c(C(=O)N2CCOC(c3cccc(O)c3)C2)o1. The molecule has 1 aliphatic heterocycles. The average Bonchev–Trinajstić information content (AvgIpc) is 2.85. The van der Waals surface area contributed by atoms with Crippen molar-refractivity contribution < 1.29 is 19.1 Å². The largest absolute Gasteiger partial charge is 0.508 e. The molecule has 1 aliphatic rings. The van der Waals surface area contributed by atoms with Crippen LogP contribution < -0.4 is 0 Å². The van der Waals surface area contributed by atoms with Gasteiger partial charge in [-0.1, -0.05) is 12.1 Å². The lowest BCUT2D eigenvalue weighted by Gasteiger charge is -2.32. The molecular formula is C16H18N2O4. The minimum Gasteiger partial charge on any atom is -0.508 e. The van der Waals surface area contributed by atoms with Crippen molar-refractivity contribution in [3.8, 4) is 5.75 Å². The summed E-state index contributed by atoms with van der Waals surface area (Å²) >= 11 is 0. The van der Waals surface area contributed by atoms with Crippen LogP contribution in [0.4, 0.5) is 0 Å². The lowest BCUT2D eigenvalue weighted by Crippen LogP contribution is -2.42. The number of phenols is 1. The Hall–Kier alpha value is -2.34. The van der Waals surface area contributed by atoms with Crippen molar-refractivity contribution in [3.05, 3.63) is 47.2 Å². The number of amides is 1. The number of phenolic OH excluding ortho intramolecular Hbond substituents is 1. The molecule has 0 aliphatic carbocycles. The molecule has 116 valence electrons. The number of aromatic nitrogens is 1. The van der Waals surface area contributed by atoms with Crippen LogP contribution in [0.25, 0.3) is 0 Å². The number of aryl methyl sites for hydroxylation is 2. The van der Waals surface area contributed by atoms with Gasteiger partial charge in [0.2, 0.25) is 5.76 Å². The van der Waals surface area contributed by atoms with E-state index in [0.29, 0.717) is 31.3 Å². The number of nitrogens with zero attached hydrogens (tertiary/aromatic N) is 2. The van der Waals surface area contributed by atoms with Crippen molar-refractivity contribution >= 4 is 5.91 Å². The summed E-state index contributed by atoms with van der Waals surface area (Å²) in [6, 6.07) is 6.90. The first-order chi connectivity index (χ1) is 10.5. The van der Waals surface area contributed by atoms with Gasteiger partial charge >= 0.3 is 0 Å². The van der Waals surface area contributed by atoms with E-state index in [1.807, 2.05) is 6.07 Å². The van der Waals surface area contributed by atoms with Crippen LogP contribution in [-0.4, -0.2) is 40.6 Å². The second kappa shape index (κ2) is 5.81. The highest BCUT2D eigenvalue weighted by Gasteiger charge is 2.29. The molecule has 1 fully saturated rings. The van der Waals surface area contributed by atoms with Gasteiger partial charge in [0.15, 0.2) is 5.89 Å². The number of morpholine rings is 1. The van der Waals surface area contributed by atoms with E-state index >= 15 is 0 Å². The van der Waals surface area contributed by atoms with E-state index in [9.17, 15) is 9.90 Å². The third-order valence-electron chi connectivity index (χ3n) is 3.69. The molecule has 2 heterocycles. The average molecular weight is 302 g/mol. The Balaban J connectivity index is 1.78. The molecule has 6 nitrogen and oxygen atoms in total. The standard InChI is InChI=1S/C16H18N2O4/c1-10-15(22-11(2)17-10)16(20)18-6-7-21-14(9-18)12-4-3-5-13(19)8-12/h3-5,8,14,19H,6-7,9H2,1-2H3. The topological polar surface area (TPSA) is 75.8 Å². The van der Waals surface area contributed by atoms with E-state index in [1.54, 1.807) is 36.9 Å². The van der Waals surface area contributed by atoms with E-state index in [4.69, 9.17) is 9.15 Å². The Labute approximate surface area is 128 Å². The number of ether oxygens (including phenoxy) is 1. The first kappa shape index (κ1) is 14.6. The van der Waals surface area contributed by atoms with Gasteiger partial charge in [0.25, 0.3) is 5.91 Å². The summed E-state index contributed by atoms with van der Waals surface area (Å²) in [5, 5.41) is 9.58. The van der Waals surface area contributed by atoms with Crippen LogP contribution >= 0.6 is 0 Å². The molecule has 0 saturated carbocycles. The number of rotatable bonds is 2. The van der Waals surface area contributed by atoms with E-state index in [-0.39, 0.29) is 23.5 Å². The molecule has 0 spiro atoms. The van der Waals surface area contributed by atoms with Crippen molar-refractivity contribution in [1.82, 2.24) is 9.88 Å². The molecule has 1 N–H and O–H groups in total. The van der Waals surface area contributed by atoms with Crippen molar-refractivity contribution in [2.75, 3.05) is 19.7 Å². The summed E-state index contributed by atoms with van der Waals surface area (Å²) in [5.41, 5.74) is 1.45. The summed E-state index contributed by atoms with van der Waals surface area (Å²) in [7, 11) is 0. The molecule has 1 atom stereocenters. The Morgan fingerprint density at radius 1 is 1.41 bits per heavy atom. The van der Waals surface area contributed by atoms with Gasteiger partial charge in [-0.3, -0.25) is 4.79 Å². The maximum absolute atomic E-state index is 12.6. The Morgan fingerprint density at radius 3 is 2.91 bits per heavy atom. The summed E-state index contributed by atoms with van der Waals surface area (Å²) in [4.78, 5) is 18.4.